The highest BCUT2D eigenvalue weighted by Gasteiger charge is 2.34. The number of hydrogen-bond donors (Lipinski definition) is 2. The Morgan fingerprint density at radius 2 is 2.29 bits per heavy atom. The van der Waals surface area contributed by atoms with Gasteiger partial charge in [-0.3, -0.25) is 0 Å². The molecule has 2 nitrogen and oxygen atoms in total. The van der Waals surface area contributed by atoms with Crippen molar-refractivity contribution in [3.05, 3.63) is 0 Å². The number of rotatable bonds is 4. The van der Waals surface area contributed by atoms with E-state index in [1.54, 1.807) is 0 Å². The van der Waals surface area contributed by atoms with Crippen LogP contribution in [0.15, 0.2) is 0 Å². The van der Waals surface area contributed by atoms with E-state index in [0.29, 0.717) is 5.25 Å². The van der Waals surface area contributed by atoms with Crippen LogP contribution in [0.4, 0.5) is 0 Å². The van der Waals surface area contributed by atoms with Crippen LogP contribution in [0.3, 0.4) is 0 Å². The fourth-order valence-electron chi connectivity index (χ4n) is 2.26. The van der Waals surface area contributed by atoms with Gasteiger partial charge in [0.25, 0.3) is 0 Å². The quantitative estimate of drug-likeness (QED) is 0.755. The first kappa shape index (κ1) is 12.3. The van der Waals surface area contributed by atoms with Gasteiger partial charge >= 0.3 is 0 Å². The minimum atomic E-state index is 0.00477. The summed E-state index contributed by atoms with van der Waals surface area (Å²) >= 11 is 2.06. The van der Waals surface area contributed by atoms with Gasteiger partial charge in [-0.25, -0.2) is 0 Å². The molecule has 0 spiro atoms. The Hall–Kier alpha value is 0.270. The molecule has 0 heterocycles. The minimum absolute atomic E-state index is 0.00477. The van der Waals surface area contributed by atoms with Crippen LogP contribution in [0.5, 0.6) is 0 Å². The highest BCUT2D eigenvalue weighted by molar-refractivity contribution is 8.00. The zero-order valence-electron chi connectivity index (χ0n) is 9.55. The van der Waals surface area contributed by atoms with Gasteiger partial charge in [0.1, 0.15) is 0 Å². The lowest BCUT2D eigenvalue weighted by atomic mass is 9.82. The molecular formula is C11H23NOS. The van der Waals surface area contributed by atoms with Gasteiger partial charge in [0.2, 0.25) is 0 Å². The van der Waals surface area contributed by atoms with Crippen molar-refractivity contribution >= 4 is 11.8 Å². The summed E-state index contributed by atoms with van der Waals surface area (Å²) in [4.78, 5) is 0. The van der Waals surface area contributed by atoms with Crippen LogP contribution in [0, 0.1) is 0 Å². The Labute approximate surface area is 91.9 Å². The van der Waals surface area contributed by atoms with E-state index in [-0.39, 0.29) is 12.1 Å². The van der Waals surface area contributed by atoms with Crippen LogP contribution in [-0.4, -0.2) is 34.8 Å². The molecule has 2 N–H and O–H groups in total. The number of aliphatic hydroxyl groups is 1. The fourth-order valence-corrected chi connectivity index (χ4v) is 3.75. The van der Waals surface area contributed by atoms with Crippen LogP contribution in [0.1, 0.15) is 39.5 Å². The first-order valence-corrected chi connectivity index (χ1v) is 6.51. The Balaban J connectivity index is 2.49. The molecule has 0 saturated heterocycles. The molecule has 84 valence electrons. The molecule has 0 amide bonds. The molecule has 0 aromatic carbocycles. The van der Waals surface area contributed by atoms with Crippen molar-refractivity contribution in [1.29, 1.82) is 0 Å². The zero-order chi connectivity index (χ0) is 10.6. The van der Waals surface area contributed by atoms with Crippen molar-refractivity contribution in [3.63, 3.8) is 0 Å². The van der Waals surface area contributed by atoms with Crippen molar-refractivity contribution in [2.45, 2.75) is 55.6 Å². The fraction of sp³-hybridized carbons (Fsp3) is 1.00. The lowest BCUT2D eigenvalue weighted by Gasteiger charge is -2.39. The van der Waals surface area contributed by atoms with Gasteiger partial charge in [-0.15, -0.1) is 0 Å². The van der Waals surface area contributed by atoms with Gasteiger partial charge in [0.15, 0.2) is 0 Å². The van der Waals surface area contributed by atoms with Crippen molar-refractivity contribution in [3.8, 4) is 0 Å². The molecule has 1 rings (SSSR count). The second-order valence-electron chi connectivity index (χ2n) is 4.59. The smallest absolute Gasteiger partial charge is 0.0613 e. The van der Waals surface area contributed by atoms with E-state index in [2.05, 4.69) is 30.9 Å². The lowest BCUT2D eigenvalue weighted by Crippen LogP contribution is -2.50. The number of likely N-dealkylation sites (N-methyl/N-ethyl adjacent to an activating group) is 1. The highest BCUT2D eigenvalue weighted by atomic mass is 32.2. The second-order valence-corrected chi connectivity index (χ2v) is 6.47. The Kier molecular flexibility index (Phi) is 4.74. The van der Waals surface area contributed by atoms with Crippen LogP contribution < -0.4 is 5.32 Å². The van der Waals surface area contributed by atoms with Crippen LogP contribution in [0.2, 0.25) is 0 Å². The molecule has 0 aromatic heterocycles. The maximum atomic E-state index is 9.42. The Morgan fingerprint density at radius 3 is 2.79 bits per heavy atom. The molecule has 0 aromatic rings. The Morgan fingerprint density at radius 1 is 1.57 bits per heavy atom. The standard InChI is InChI=1S/C11H23NOS/c1-9(2)14-10-5-4-6-11(7-10,8-13)12-3/h9-10,12-13H,4-8H2,1-3H3. The van der Waals surface area contributed by atoms with E-state index >= 15 is 0 Å². The average molecular weight is 217 g/mol. The summed E-state index contributed by atoms with van der Waals surface area (Å²) in [5, 5.41) is 14.2. The summed E-state index contributed by atoms with van der Waals surface area (Å²) in [5.41, 5.74) is 0.00477. The first-order valence-electron chi connectivity index (χ1n) is 5.57. The second kappa shape index (κ2) is 5.38. The summed E-state index contributed by atoms with van der Waals surface area (Å²) in [7, 11) is 1.97. The highest BCUT2D eigenvalue weighted by Crippen LogP contribution is 2.36. The Bertz CT molecular complexity index is 169. The molecule has 2 unspecified atom stereocenters. The summed E-state index contributed by atoms with van der Waals surface area (Å²) in [6.45, 7) is 4.77. The SMILES string of the molecule is CNC1(CO)CCCC(SC(C)C)C1. The average Bonchev–Trinajstić information content (AvgIpc) is 2.17. The molecule has 0 bridgehead atoms. The van der Waals surface area contributed by atoms with E-state index in [1.165, 1.54) is 12.8 Å². The molecule has 0 aliphatic heterocycles. The van der Waals surface area contributed by atoms with E-state index in [4.69, 9.17) is 0 Å². The maximum Gasteiger partial charge on any atom is 0.0613 e. The minimum Gasteiger partial charge on any atom is -0.394 e. The largest absolute Gasteiger partial charge is 0.394 e. The van der Waals surface area contributed by atoms with Crippen molar-refractivity contribution in [2.24, 2.45) is 0 Å². The molecule has 1 saturated carbocycles. The summed E-state index contributed by atoms with van der Waals surface area (Å²) < 4.78 is 0. The third-order valence-corrected chi connectivity index (χ3v) is 4.43. The number of aliphatic hydroxyl groups excluding tert-OH is 1. The molecule has 2 atom stereocenters. The van der Waals surface area contributed by atoms with Crippen molar-refractivity contribution < 1.29 is 5.11 Å². The van der Waals surface area contributed by atoms with Gasteiger partial charge in [0, 0.05) is 10.8 Å². The lowest BCUT2D eigenvalue weighted by molar-refractivity contribution is 0.131. The summed E-state index contributed by atoms with van der Waals surface area (Å²) in [5.74, 6) is 0. The molecule has 1 aliphatic carbocycles. The van der Waals surface area contributed by atoms with Crippen LogP contribution >= 0.6 is 11.8 Å². The number of thioether (sulfide) groups is 1. The van der Waals surface area contributed by atoms with Gasteiger partial charge < -0.3 is 10.4 Å². The van der Waals surface area contributed by atoms with Gasteiger partial charge in [0.05, 0.1) is 6.61 Å². The summed E-state index contributed by atoms with van der Waals surface area (Å²) in [6.07, 6.45) is 4.79. The van der Waals surface area contributed by atoms with E-state index in [0.717, 1.165) is 18.1 Å². The van der Waals surface area contributed by atoms with Gasteiger partial charge in [-0.05, 0) is 31.6 Å². The van der Waals surface area contributed by atoms with Gasteiger partial charge in [-0.1, -0.05) is 20.3 Å². The predicted molar refractivity (Wildman–Crippen MR) is 63.9 cm³/mol. The molecule has 0 radical (unpaired) electrons. The topological polar surface area (TPSA) is 32.3 Å². The molecule has 3 heteroatoms. The predicted octanol–water partition coefficient (Wildman–Crippen LogP) is 2.02. The number of nitrogens with one attached hydrogen (secondary N) is 1. The normalized spacial score (nSPS) is 33.6. The van der Waals surface area contributed by atoms with Crippen molar-refractivity contribution in [1.82, 2.24) is 5.32 Å². The van der Waals surface area contributed by atoms with E-state index < -0.39 is 0 Å². The van der Waals surface area contributed by atoms with Crippen LogP contribution in [-0.2, 0) is 0 Å². The monoisotopic (exact) mass is 217 g/mol. The third-order valence-electron chi connectivity index (χ3n) is 3.10. The maximum absolute atomic E-state index is 9.42. The molecular weight excluding hydrogens is 194 g/mol. The third kappa shape index (κ3) is 3.14. The van der Waals surface area contributed by atoms with E-state index in [9.17, 15) is 5.11 Å². The zero-order valence-corrected chi connectivity index (χ0v) is 10.4. The van der Waals surface area contributed by atoms with Gasteiger partial charge in [-0.2, -0.15) is 11.8 Å². The van der Waals surface area contributed by atoms with Crippen LogP contribution in [0.25, 0.3) is 0 Å². The molecule has 1 aliphatic rings. The first-order chi connectivity index (χ1) is 6.62. The van der Waals surface area contributed by atoms with Crippen molar-refractivity contribution in [2.75, 3.05) is 13.7 Å². The van der Waals surface area contributed by atoms with E-state index in [1.807, 2.05) is 7.05 Å². The summed E-state index contributed by atoms with van der Waals surface area (Å²) in [6, 6.07) is 0. The molecule has 1 fully saturated rings. The number of hydrogen-bond acceptors (Lipinski definition) is 3. The molecule has 14 heavy (non-hydrogen) atoms.